The van der Waals surface area contributed by atoms with Crippen LogP contribution in [0.25, 0.3) is 0 Å². The van der Waals surface area contributed by atoms with Crippen molar-refractivity contribution >= 4 is 11.6 Å². The number of H-pyrrole nitrogens is 1. The van der Waals surface area contributed by atoms with Gasteiger partial charge >= 0.3 is 0 Å². The van der Waals surface area contributed by atoms with Crippen molar-refractivity contribution in [1.82, 2.24) is 4.98 Å². The topological polar surface area (TPSA) is 95.0 Å². The molecule has 0 aliphatic rings. The van der Waals surface area contributed by atoms with Crippen LogP contribution in [0.3, 0.4) is 0 Å². The Kier molecular flexibility index (Phi) is 6.78. The molecule has 27 heavy (non-hydrogen) atoms. The van der Waals surface area contributed by atoms with Crippen LogP contribution in [0.2, 0.25) is 0 Å². The van der Waals surface area contributed by atoms with Crippen LogP contribution in [0.5, 0.6) is 5.75 Å². The van der Waals surface area contributed by atoms with Gasteiger partial charge in [0.25, 0.3) is 5.56 Å². The molecule has 0 spiro atoms. The molecule has 1 aromatic heterocycles. The zero-order chi connectivity index (χ0) is 20.0. The van der Waals surface area contributed by atoms with Gasteiger partial charge in [0.05, 0.1) is 12.3 Å². The molecule has 2 N–H and O–H groups in total. The van der Waals surface area contributed by atoms with Crippen LogP contribution >= 0.6 is 0 Å². The summed E-state index contributed by atoms with van der Waals surface area (Å²) in [5.41, 5.74) is 2.49. The molecule has 6 nitrogen and oxygen atoms in total. The lowest BCUT2D eigenvalue weighted by Crippen LogP contribution is -2.18. The molecule has 0 radical (unpaired) electrons. The summed E-state index contributed by atoms with van der Waals surface area (Å²) in [6.07, 6.45) is 0.668. The van der Waals surface area contributed by atoms with Gasteiger partial charge in [-0.05, 0) is 49.4 Å². The summed E-state index contributed by atoms with van der Waals surface area (Å²) in [5.74, 6) is 0.871. The van der Waals surface area contributed by atoms with Gasteiger partial charge in [0.1, 0.15) is 17.4 Å². The van der Waals surface area contributed by atoms with E-state index in [1.54, 1.807) is 19.9 Å². The molecule has 2 rings (SSSR count). The van der Waals surface area contributed by atoms with Crippen LogP contribution < -0.4 is 15.6 Å². The number of pyridine rings is 1. The maximum absolute atomic E-state index is 12.4. The van der Waals surface area contributed by atoms with Crippen molar-refractivity contribution in [2.45, 2.75) is 40.5 Å². The van der Waals surface area contributed by atoms with Crippen LogP contribution in [0.15, 0.2) is 29.1 Å². The summed E-state index contributed by atoms with van der Waals surface area (Å²) in [4.78, 5) is 26.9. The standard InChI is InChI=1S/C21H25N3O3/c1-13(2)12-27-19-8-6-5-7-18(19)24-20(25)10-9-16-14(3)17(11-22)21(26)23-15(16)4/h5-8,13H,9-10,12H2,1-4H3,(H,23,26)(H,24,25). The van der Waals surface area contributed by atoms with Crippen molar-refractivity contribution in [1.29, 1.82) is 5.26 Å². The number of aryl methyl sites for hydroxylation is 1. The average Bonchev–Trinajstić information content (AvgIpc) is 2.60. The van der Waals surface area contributed by atoms with E-state index < -0.39 is 5.56 Å². The number of ether oxygens (including phenoxy) is 1. The first kappa shape index (κ1) is 20.2. The van der Waals surface area contributed by atoms with E-state index in [0.29, 0.717) is 41.6 Å². The predicted octanol–water partition coefficient (Wildman–Crippen LogP) is 3.47. The fourth-order valence-electron chi connectivity index (χ4n) is 2.82. The van der Waals surface area contributed by atoms with Gasteiger partial charge in [0, 0.05) is 12.1 Å². The van der Waals surface area contributed by atoms with Gasteiger partial charge in [-0.2, -0.15) is 5.26 Å². The molecule has 0 saturated heterocycles. The minimum absolute atomic E-state index is 0.100. The number of hydrogen-bond donors (Lipinski definition) is 2. The molecule has 0 atom stereocenters. The zero-order valence-electron chi connectivity index (χ0n) is 16.2. The molecule has 1 amide bonds. The monoisotopic (exact) mass is 367 g/mol. The molecule has 0 saturated carbocycles. The molecule has 1 heterocycles. The highest BCUT2D eigenvalue weighted by molar-refractivity contribution is 5.92. The predicted molar refractivity (Wildman–Crippen MR) is 105 cm³/mol. The van der Waals surface area contributed by atoms with Crippen LogP contribution in [0.4, 0.5) is 5.69 Å². The maximum atomic E-state index is 12.4. The van der Waals surface area contributed by atoms with Crippen LogP contribution in [-0.4, -0.2) is 17.5 Å². The number of nitriles is 1. The van der Waals surface area contributed by atoms with Crippen molar-refractivity contribution < 1.29 is 9.53 Å². The van der Waals surface area contributed by atoms with Gasteiger partial charge in [0.2, 0.25) is 5.91 Å². The van der Waals surface area contributed by atoms with E-state index in [2.05, 4.69) is 24.1 Å². The van der Waals surface area contributed by atoms with E-state index in [0.717, 1.165) is 5.56 Å². The van der Waals surface area contributed by atoms with E-state index in [1.807, 2.05) is 24.3 Å². The first-order valence-corrected chi connectivity index (χ1v) is 8.97. The molecule has 142 valence electrons. The number of amides is 1. The highest BCUT2D eigenvalue weighted by Gasteiger charge is 2.14. The van der Waals surface area contributed by atoms with Gasteiger partial charge in [0.15, 0.2) is 0 Å². The molecule has 0 bridgehead atoms. The second-order valence-corrected chi connectivity index (χ2v) is 6.92. The Balaban J connectivity index is 2.08. The SMILES string of the molecule is Cc1[nH]c(=O)c(C#N)c(C)c1CCC(=O)Nc1ccccc1OCC(C)C. The summed E-state index contributed by atoms with van der Waals surface area (Å²) in [6, 6.07) is 9.26. The van der Waals surface area contributed by atoms with Crippen molar-refractivity contribution in [3.05, 3.63) is 57.0 Å². The lowest BCUT2D eigenvalue weighted by molar-refractivity contribution is -0.116. The Morgan fingerprint density at radius 1 is 1.30 bits per heavy atom. The second kappa shape index (κ2) is 9.04. The molecule has 0 aliphatic heterocycles. The lowest BCUT2D eigenvalue weighted by Gasteiger charge is -2.14. The summed E-state index contributed by atoms with van der Waals surface area (Å²) in [6.45, 7) is 8.21. The quantitative estimate of drug-likeness (QED) is 0.783. The normalized spacial score (nSPS) is 10.5. The Bertz CT molecular complexity index is 923. The second-order valence-electron chi connectivity index (χ2n) is 6.92. The minimum Gasteiger partial charge on any atom is -0.491 e. The maximum Gasteiger partial charge on any atom is 0.266 e. The molecule has 2 aromatic rings. The van der Waals surface area contributed by atoms with Gasteiger partial charge in [-0.15, -0.1) is 0 Å². The highest BCUT2D eigenvalue weighted by Crippen LogP contribution is 2.25. The number of benzene rings is 1. The molecular formula is C21H25N3O3. The first-order chi connectivity index (χ1) is 12.8. The summed E-state index contributed by atoms with van der Waals surface area (Å²) >= 11 is 0. The number of nitrogens with one attached hydrogen (secondary N) is 2. The van der Waals surface area contributed by atoms with E-state index in [-0.39, 0.29) is 17.9 Å². The number of carbonyl (C=O) groups is 1. The van der Waals surface area contributed by atoms with Crippen LogP contribution in [0.1, 0.15) is 42.7 Å². The molecule has 0 unspecified atom stereocenters. The van der Waals surface area contributed by atoms with Crippen molar-refractivity contribution in [2.75, 3.05) is 11.9 Å². The fraction of sp³-hybridized carbons (Fsp3) is 0.381. The number of aromatic amines is 1. The summed E-state index contributed by atoms with van der Waals surface area (Å²) in [5, 5.41) is 12.0. The fourth-order valence-corrected chi connectivity index (χ4v) is 2.82. The zero-order valence-corrected chi connectivity index (χ0v) is 16.2. The van der Waals surface area contributed by atoms with Gasteiger partial charge in [-0.25, -0.2) is 0 Å². The van der Waals surface area contributed by atoms with Gasteiger partial charge in [-0.3, -0.25) is 9.59 Å². The number of nitrogens with zero attached hydrogens (tertiary/aromatic N) is 1. The van der Waals surface area contributed by atoms with E-state index in [9.17, 15) is 9.59 Å². The largest absolute Gasteiger partial charge is 0.491 e. The number of anilines is 1. The Hall–Kier alpha value is -3.07. The minimum atomic E-state index is -0.392. The number of hydrogen-bond acceptors (Lipinski definition) is 4. The van der Waals surface area contributed by atoms with E-state index in [1.165, 1.54) is 0 Å². The Morgan fingerprint density at radius 3 is 2.67 bits per heavy atom. The molecule has 1 aromatic carbocycles. The average molecular weight is 367 g/mol. The highest BCUT2D eigenvalue weighted by atomic mass is 16.5. The third kappa shape index (κ3) is 5.20. The van der Waals surface area contributed by atoms with Gasteiger partial charge < -0.3 is 15.0 Å². The van der Waals surface area contributed by atoms with Gasteiger partial charge in [-0.1, -0.05) is 26.0 Å². The summed E-state index contributed by atoms with van der Waals surface area (Å²) < 4.78 is 5.75. The number of rotatable bonds is 7. The molecule has 0 aliphatic carbocycles. The number of para-hydroxylation sites is 2. The van der Waals surface area contributed by atoms with Crippen LogP contribution in [0, 0.1) is 31.1 Å². The van der Waals surface area contributed by atoms with E-state index in [4.69, 9.17) is 10.00 Å². The van der Waals surface area contributed by atoms with Crippen molar-refractivity contribution in [3.8, 4) is 11.8 Å². The molecular weight excluding hydrogens is 342 g/mol. The first-order valence-electron chi connectivity index (χ1n) is 8.97. The third-order valence-corrected chi connectivity index (χ3v) is 4.26. The Morgan fingerprint density at radius 2 is 2.00 bits per heavy atom. The van der Waals surface area contributed by atoms with Crippen molar-refractivity contribution in [3.63, 3.8) is 0 Å². The lowest BCUT2D eigenvalue weighted by atomic mass is 9.99. The number of aromatic nitrogens is 1. The third-order valence-electron chi connectivity index (χ3n) is 4.26. The Labute approximate surface area is 159 Å². The smallest absolute Gasteiger partial charge is 0.266 e. The summed E-state index contributed by atoms with van der Waals surface area (Å²) in [7, 11) is 0. The molecule has 6 heteroatoms. The number of carbonyl (C=O) groups excluding carboxylic acids is 1. The van der Waals surface area contributed by atoms with Crippen LogP contribution in [-0.2, 0) is 11.2 Å². The molecule has 0 fully saturated rings. The van der Waals surface area contributed by atoms with E-state index >= 15 is 0 Å². The van der Waals surface area contributed by atoms with Crippen molar-refractivity contribution in [2.24, 2.45) is 5.92 Å².